The summed E-state index contributed by atoms with van der Waals surface area (Å²) in [6.07, 6.45) is 0. The second-order valence-corrected chi connectivity index (χ2v) is 4.72. The molecule has 12 heavy (non-hydrogen) atoms. The Morgan fingerprint density at radius 2 is 2.42 bits per heavy atom. The maximum Gasteiger partial charge on any atom is 0.174 e. The van der Waals surface area contributed by atoms with Crippen LogP contribution in [0.15, 0.2) is 4.34 Å². The lowest BCUT2D eigenvalue weighted by molar-refractivity contribution is -0.114. The summed E-state index contributed by atoms with van der Waals surface area (Å²) in [6.45, 7) is 1.88. The van der Waals surface area contributed by atoms with Crippen LogP contribution >= 0.6 is 34.7 Å². The van der Waals surface area contributed by atoms with Gasteiger partial charge in [0, 0.05) is 0 Å². The van der Waals surface area contributed by atoms with E-state index < -0.39 is 0 Å². The zero-order valence-electron chi connectivity index (χ0n) is 6.41. The Bertz CT molecular complexity index is 276. The van der Waals surface area contributed by atoms with E-state index >= 15 is 0 Å². The highest BCUT2D eigenvalue weighted by atomic mass is 35.5. The summed E-state index contributed by atoms with van der Waals surface area (Å²) in [5.41, 5.74) is 0. The van der Waals surface area contributed by atoms with Crippen LogP contribution in [0.5, 0.6) is 0 Å². The summed E-state index contributed by atoms with van der Waals surface area (Å²) >= 11 is 8.20. The van der Waals surface area contributed by atoms with Crippen molar-refractivity contribution >= 4 is 40.5 Å². The quantitative estimate of drug-likeness (QED) is 0.575. The van der Waals surface area contributed by atoms with E-state index in [4.69, 9.17) is 11.6 Å². The molecule has 0 fully saturated rings. The molecule has 0 radical (unpaired) electrons. The van der Waals surface area contributed by atoms with E-state index in [9.17, 15) is 4.79 Å². The van der Waals surface area contributed by atoms with E-state index in [-0.39, 0.29) is 11.7 Å². The van der Waals surface area contributed by atoms with Crippen LogP contribution in [-0.4, -0.2) is 27.6 Å². The van der Waals surface area contributed by atoms with Crippen molar-refractivity contribution in [2.75, 3.05) is 11.6 Å². The Labute approximate surface area is 83.5 Å². The van der Waals surface area contributed by atoms with Crippen molar-refractivity contribution < 1.29 is 4.79 Å². The smallest absolute Gasteiger partial charge is 0.174 e. The van der Waals surface area contributed by atoms with Gasteiger partial charge in [0.1, 0.15) is 5.01 Å². The fraction of sp³-hybridized carbons (Fsp3) is 0.500. The number of ketones is 1. The SMILES string of the molecule is Cc1nnc(SCC(=O)CCl)s1. The molecule has 1 rings (SSSR count). The first-order valence-electron chi connectivity index (χ1n) is 3.23. The number of halogens is 1. The highest BCUT2D eigenvalue weighted by molar-refractivity contribution is 8.01. The van der Waals surface area contributed by atoms with E-state index in [2.05, 4.69) is 10.2 Å². The molecule has 6 heteroatoms. The third-order valence-electron chi connectivity index (χ3n) is 1.01. The molecule has 1 heterocycles. The van der Waals surface area contributed by atoms with Crippen LogP contribution in [0.1, 0.15) is 5.01 Å². The lowest BCUT2D eigenvalue weighted by atomic mass is 10.5. The maximum atomic E-state index is 10.8. The summed E-state index contributed by atoms with van der Waals surface area (Å²) < 4.78 is 0.825. The van der Waals surface area contributed by atoms with Crippen LogP contribution < -0.4 is 0 Å². The first kappa shape index (κ1) is 9.95. The van der Waals surface area contributed by atoms with Crippen LogP contribution in [-0.2, 0) is 4.79 Å². The minimum atomic E-state index is 0.0227. The molecule has 0 saturated heterocycles. The first-order valence-corrected chi connectivity index (χ1v) is 5.56. The average molecular weight is 223 g/mol. The summed E-state index contributed by atoms with van der Waals surface area (Å²) in [7, 11) is 0. The Hall–Kier alpha value is -0.130. The van der Waals surface area contributed by atoms with Gasteiger partial charge in [0.2, 0.25) is 0 Å². The third kappa shape index (κ3) is 3.08. The predicted molar refractivity (Wildman–Crippen MR) is 51.1 cm³/mol. The fourth-order valence-electron chi connectivity index (χ4n) is 0.518. The summed E-state index contributed by atoms with van der Waals surface area (Å²) in [5, 5.41) is 8.59. The fourth-order valence-corrected chi connectivity index (χ4v) is 2.40. The summed E-state index contributed by atoms with van der Waals surface area (Å²) in [6, 6.07) is 0. The van der Waals surface area contributed by atoms with Gasteiger partial charge in [-0.15, -0.1) is 21.8 Å². The largest absolute Gasteiger partial charge is 0.297 e. The van der Waals surface area contributed by atoms with E-state index in [0.29, 0.717) is 5.75 Å². The van der Waals surface area contributed by atoms with Gasteiger partial charge in [-0.05, 0) is 6.92 Å². The lowest BCUT2D eigenvalue weighted by Crippen LogP contribution is -2.01. The standard InChI is InChI=1S/C6H7ClN2OS2/c1-4-8-9-6(12-4)11-3-5(10)2-7/h2-3H2,1H3. The van der Waals surface area contributed by atoms with Gasteiger partial charge >= 0.3 is 0 Å². The van der Waals surface area contributed by atoms with Gasteiger partial charge < -0.3 is 0 Å². The van der Waals surface area contributed by atoms with Crippen LogP contribution in [0.2, 0.25) is 0 Å². The Morgan fingerprint density at radius 3 is 2.92 bits per heavy atom. The van der Waals surface area contributed by atoms with Crippen LogP contribution in [0.25, 0.3) is 0 Å². The average Bonchev–Trinajstić information content (AvgIpc) is 2.47. The number of carbonyl (C=O) groups is 1. The van der Waals surface area contributed by atoms with Crippen LogP contribution in [0, 0.1) is 6.92 Å². The van der Waals surface area contributed by atoms with Crippen molar-refractivity contribution in [3.8, 4) is 0 Å². The van der Waals surface area contributed by atoms with Crippen molar-refractivity contribution in [1.82, 2.24) is 10.2 Å². The van der Waals surface area contributed by atoms with Gasteiger partial charge in [0.15, 0.2) is 10.1 Å². The second-order valence-electron chi connectivity index (χ2n) is 2.05. The highest BCUT2D eigenvalue weighted by Gasteiger charge is 2.04. The van der Waals surface area contributed by atoms with Crippen molar-refractivity contribution in [3.63, 3.8) is 0 Å². The van der Waals surface area contributed by atoms with Crippen molar-refractivity contribution in [2.45, 2.75) is 11.3 Å². The molecule has 0 spiro atoms. The van der Waals surface area contributed by atoms with Gasteiger partial charge in [-0.25, -0.2) is 0 Å². The van der Waals surface area contributed by atoms with E-state index in [1.165, 1.54) is 23.1 Å². The van der Waals surface area contributed by atoms with E-state index in [1.807, 2.05) is 6.92 Å². The molecule has 0 bridgehead atoms. The molecule has 0 amide bonds. The van der Waals surface area contributed by atoms with Gasteiger partial charge in [0.05, 0.1) is 11.6 Å². The number of hydrogen-bond donors (Lipinski definition) is 0. The Balaban J connectivity index is 2.38. The van der Waals surface area contributed by atoms with Crippen LogP contribution in [0.4, 0.5) is 0 Å². The molecule has 1 aromatic rings. The molecule has 0 N–H and O–H groups in total. The third-order valence-corrected chi connectivity index (χ3v) is 3.34. The summed E-state index contributed by atoms with van der Waals surface area (Å²) in [4.78, 5) is 10.8. The number of aryl methyl sites for hydroxylation is 1. The zero-order valence-corrected chi connectivity index (χ0v) is 8.80. The number of nitrogens with zero attached hydrogens (tertiary/aromatic N) is 2. The molecule has 66 valence electrons. The summed E-state index contributed by atoms with van der Waals surface area (Å²) in [5.74, 6) is 0.484. The first-order chi connectivity index (χ1) is 5.72. The molecule has 3 nitrogen and oxygen atoms in total. The molecule has 0 unspecified atom stereocenters. The maximum absolute atomic E-state index is 10.8. The Morgan fingerprint density at radius 1 is 1.67 bits per heavy atom. The molecular formula is C6H7ClN2OS2. The van der Waals surface area contributed by atoms with Gasteiger partial charge in [-0.2, -0.15) is 0 Å². The second kappa shape index (κ2) is 4.79. The normalized spacial score (nSPS) is 10.2. The van der Waals surface area contributed by atoms with Crippen molar-refractivity contribution in [3.05, 3.63) is 5.01 Å². The number of thioether (sulfide) groups is 1. The minimum absolute atomic E-state index is 0.0227. The van der Waals surface area contributed by atoms with E-state index in [0.717, 1.165) is 9.35 Å². The van der Waals surface area contributed by atoms with Gasteiger partial charge in [-0.1, -0.05) is 23.1 Å². The number of rotatable bonds is 4. The molecular weight excluding hydrogens is 216 g/mol. The molecule has 1 aromatic heterocycles. The highest BCUT2D eigenvalue weighted by Crippen LogP contribution is 2.21. The number of carbonyl (C=O) groups excluding carboxylic acids is 1. The lowest BCUT2D eigenvalue weighted by Gasteiger charge is -1.90. The van der Waals surface area contributed by atoms with Crippen molar-refractivity contribution in [1.29, 1.82) is 0 Å². The number of alkyl halides is 1. The number of hydrogen-bond acceptors (Lipinski definition) is 5. The predicted octanol–water partition coefficient (Wildman–Crippen LogP) is 1.75. The molecule has 0 aliphatic rings. The Kier molecular flexibility index (Phi) is 3.97. The number of Topliss-reactive ketones (excluding diaryl/α,β-unsaturated/α-hetero) is 1. The van der Waals surface area contributed by atoms with Crippen LogP contribution in [0.3, 0.4) is 0 Å². The molecule has 0 aromatic carbocycles. The monoisotopic (exact) mass is 222 g/mol. The molecule has 0 atom stereocenters. The molecule has 0 aliphatic carbocycles. The molecule has 0 saturated carbocycles. The molecule has 0 aliphatic heterocycles. The van der Waals surface area contributed by atoms with Crippen molar-refractivity contribution in [2.24, 2.45) is 0 Å². The number of aromatic nitrogens is 2. The topological polar surface area (TPSA) is 42.9 Å². The van der Waals surface area contributed by atoms with Gasteiger partial charge in [0.25, 0.3) is 0 Å². The minimum Gasteiger partial charge on any atom is -0.297 e. The zero-order chi connectivity index (χ0) is 8.97. The van der Waals surface area contributed by atoms with Gasteiger partial charge in [-0.3, -0.25) is 4.79 Å². The van der Waals surface area contributed by atoms with E-state index in [1.54, 1.807) is 0 Å².